The Morgan fingerprint density at radius 1 is 1.22 bits per heavy atom. The number of hydrogen-bond acceptors (Lipinski definition) is 5. The van der Waals surface area contributed by atoms with Crippen molar-refractivity contribution >= 4 is 29.5 Å². The summed E-state index contributed by atoms with van der Waals surface area (Å²) < 4.78 is 4.65. The van der Waals surface area contributed by atoms with E-state index in [9.17, 15) is 19.2 Å². The zero-order valence-corrected chi connectivity index (χ0v) is 15.2. The third-order valence-electron chi connectivity index (χ3n) is 5.08. The van der Waals surface area contributed by atoms with E-state index in [4.69, 9.17) is 0 Å². The van der Waals surface area contributed by atoms with Crippen LogP contribution in [0, 0.1) is 0 Å². The molecule has 1 spiro atoms. The predicted octanol–water partition coefficient (Wildman–Crippen LogP) is 2.06. The van der Waals surface area contributed by atoms with E-state index in [-0.39, 0.29) is 24.8 Å². The van der Waals surface area contributed by atoms with E-state index in [0.29, 0.717) is 24.1 Å². The zero-order valence-electron chi connectivity index (χ0n) is 15.2. The fraction of sp³-hybridized carbons (Fsp3) is 0.474. The Morgan fingerprint density at radius 3 is 2.67 bits per heavy atom. The number of ether oxygens (including phenoxy) is 1. The number of nitrogens with one attached hydrogen (secondary N) is 2. The van der Waals surface area contributed by atoms with E-state index in [1.165, 1.54) is 13.2 Å². The first-order valence-corrected chi connectivity index (χ1v) is 9.07. The molecular weight excluding hydrogens is 350 g/mol. The molecule has 0 aromatic heterocycles. The van der Waals surface area contributed by atoms with Gasteiger partial charge < -0.3 is 15.4 Å². The Kier molecular flexibility index (Phi) is 5.43. The summed E-state index contributed by atoms with van der Waals surface area (Å²) in [4.78, 5) is 49.8. The molecule has 2 fully saturated rings. The summed E-state index contributed by atoms with van der Waals surface area (Å²) in [6, 6.07) is 5.94. The number of urea groups is 1. The largest absolute Gasteiger partial charge is 0.465 e. The Morgan fingerprint density at radius 2 is 1.96 bits per heavy atom. The van der Waals surface area contributed by atoms with Crippen molar-refractivity contribution in [3.8, 4) is 0 Å². The summed E-state index contributed by atoms with van der Waals surface area (Å²) >= 11 is 0. The normalized spacial score (nSPS) is 18.3. The average Bonchev–Trinajstić information content (AvgIpc) is 2.89. The molecule has 8 nitrogen and oxygen atoms in total. The van der Waals surface area contributed by atoms with Crippen LogP contribution in [0.4, 0.5) is 10.5 Å². The molecule has 2 N–H and O–H groups in total. The molecular formula is C19H23N3O5. The summed E-state index contributed by atoms with van der Waals surface area (Å²) in [5.74, 6) is -1.07. The molecule has 1 aromatic rings. The van der Waals surface area contributed by atoms with Gasteiger partial charge in [-0.15, -0.1) is 0 Å². The van der Waals surface area contributed by atoms with Crippen molar-refractivity contribution in [3.05, 3.63) is 29.8 Å². The van der Waals surface area contributed by atoms with E-state index in [1.807, 2.05) is 0 Å². The SMILES string of the molecule is COC(=O)c1cccc(NC(=O)CCN2C(=O)NC3(CCCCC3)C2=O)c1. The number of nitrogens with zero attached hydrogens (tertiary/aromatic N) is 1. The lowest BCUT2D eigenvalue weighted by Crippen LogP contribution is -2.48. The minimum Gasteiger partial charge on any atom is -0.465 e. The number of esters is 1. The number of benzene rings is 1. The second kappa shape index (κ2) is 7.77. The van der Waals surface area contributed by atoms with E-state index in [2.05, 4.69) is 15.4 Å². The first-order chi connectivity index (χ1) is 12.9. The van der Waals surface area contributed by atoms with Gasteiger partial charge in [0, 0.05) is 18.7 Å². The van der Waals surface area contributed by atoms with Crippen LogP contribution in [-0.4, -0.2) is 47.9 Å². The maximum absolute atomic E-state index is 12.7. The zero-order chi connectivity index (χ0) is 19.4. The van der Waals surface area contributed by atoms with Gasteiger partial charge in [-0.3, -0.25) is 14.5 Å². The molecule has 1 saturated heterocycles. The van der Waals surface area contributed by atoms with Gasteiger partial charge in [-0.1, -0.05) is 25.3 Å². The first-order valence-electron chi connectivity index (χ1n) is 9.07. The summed E-state index contributed by atoms with van der Waals surface area (Å²) in [5.41, 5.74) is -0.00630. The molecule has 2 aliphatic rings. The van der Waals surface area contributed by atoms with Crippen LogP contribution in [0.5, 0.6) is 0 Å². The predicted molar refractivity (Wildman–Crippen MR) is 97.1 cm³/mol. The molecule has 0 bridgehead atoms. The quantitative estimate of drug-likeness (QED) is 0.607. The minimum absolute atomic E-state index is 0.0162. The monoisotopic (exact) mass is 373 g/mol. The second-order valence-corrected chi connectivity index (χ2v) is 6.90. The van der Waals surface area contributed by atoms with Crippen molar-refractivity contribution in [2.75, 3.05) is 19.0 Å². The van der Waals surface area contributed by atoms with Crippen molar-refractivity contribution in [1.29, 1.82) is 0 Å². The number of anilines is 1. The van der Waals surface area contributed by atoms with Gasteiger partial charge in [-0.05, 0) is 31.0 Å². The molecule has 144 valence electrons. The van der Waals surface area contributed by atoms with Crippen LogP contribution in [-0.2, 0) is 14.3 Å². The van der Waals surface area contributed by atoms with Gasteiger partial charge >= 0.3 is 12.0 Å². The third-order valence-corrected chi connectivity index (χ3v) is 5.08. The summed E-state index contributed by atoms with van der Waals surface area (Å²) in [7, 11) is 1.28. The first kappa shape index (κ1) is 18.9. The van der Waals surface area contributed by atoms with E-state index >= 15 is 0 Å². The van der Waals surface area contributed by atoms with Gasteiger partial charge in [0.25, 0.3) is 5.91 Å². The highest BCUT2D eigenvalue weighted by Crippen LogP contribution is 2.33. The van der Waals surface area contributed by atoms with Crippen molar-refractivity contribution in [1.82, 2.24) is 10.2 Å². The number of rotatable bonds is 5. The number of methoxy groups -OCH3 is 1. The van der Waals surface area contributed by atoms with Crippen molar-refractivity contribution in [3.63, 3.8) is 0 Å². The molecule has 1 aromatic carbocycles. The fourth-order valence-corrected chi connectivity index (χ4v) is 3.65. The van der Waals surface area contributed by atoms with Crippen molar-refractivity contribution < 1.29 is 23.9 Å². The van der Waals surface area contributed by atoms with Crippen LogP contribution in [0.3, 0.4) is 0 Å². The van der Waals surface area contributed by atoms with Gasteiger partial charge in [0.2, 0.25) is 5.91 Å². The molecule has 4 amide bonds. The standard InChI is InChI=1S/C19H23N3O5/c1-27-16(24)13-6-5-7-14(12-13)20-15(23)8-11-22-17(25)19(21-18(22)26)9-3-2-4-10-19/h5-7,12H,2-4,8-11H2,1H3,(H,20,23)(H,21,26). The fourth-order valence-electron chi connectivity index (χ4n) is 3.65. The summed E-state index contributed by atoms with van der Waals surface area (Å²) in [6.45, 7) is 0.0228. The number of carbonyl (C=O) groups excluding carboxylic acids is 4. The Labute approximate surface area is 157 Å². The van der Waals surface area contributed by atoms with E-state index in [0.717, 1.165) is 24.2 Å². The highest BCUT2D eigenvalue weighted by molar-refractivity contribution is 6.07. The van der Waals surface area contributed by atoms with E-state index in [1.54, 1.807) is 18.2 Å². The highest BCUT2D eigenvalue weighted by atomic mass is 16.5. The second-order valence-electron chi connectivity index (χ2n) is 6.90. The average molecular weight is 373 g/mol. The number of carbonyl (C=O) groups is 4. The smallest absolute Gasteiger partial charge is 0.337 e. The molecule has 1 heterocycles. The third kappa shape index (κ3) is 3.94. The van der Waals surface area contributed by atoms with Crippen LogP contribution in [0.2, 0.25) is 0 Å². The topological polar surface area (TPSA) is 105 Å². The Hall–Kier alpha value is -2.90. The van der Waals surface area contributed by atoms with Gasteiger partial charge in [-0.25, -0.2) is 9.59 Å². The van der Waals surface area contributed by atoms with Crippen LogP contribution in [0.15, 0.2) is 24.3 Å². The molecule has 27 heavy (non-hydrogen) atoms. The number of hydrogen-bond donors (Lipinski definition) is 2. The summed E-state index contributed by atoms with van der Waals surface area (Å²) in [6.07, 6.45) is 4.19. The Bertz CT molecular complexity index is 770. The lowest BCUT2D eigenvalue weighted by molar-refractivity contribution is -0.132. The van der Waals surface area contributed by atoms with Crippen molar-refractivity contribution in [2.24, 2.45) is 0 Å². The number of imide groups is 1. The minimum atomic E-state index is -0.777. The maximum Gasteiger partial charge on any atom is 0.337 e. The lowest BCUT2D eigenvalue weighted by Gasteiger charge is -2.30. The molecule has 1 saturated carbocycles. The molecule has 8 heteroatoms. The highest BCUT2D eigenvalue weighted by Gasteiger charge is 2.51. The summed E-state index contributed by atoms with van der Waals surface area (Å²) in [5, 5.41) is 5.49. The molecule has 1 aliphatic carbocycles. The van der Waals surface area contributed by atoms with Gasteiger partial charge in [0.15, 0.2) is 0 Å². The molecule has 3 rings (SSSR count). The van der Waals surface area contributed by atoms with Gasteiger partial charge in [-0.2, -0.15) is 0 Å². The lowest BCUT2D eigenvalue weighted by atomic mass is 9.82. The van der Waals surface area contributed by atoms with Crippen LogP contribution in [0.1, 0.15) is 48.9 Å². The van der Waals surface area contributed by atoms with Crippen molar-refractivity contribution in [2.45, 2.75) is 44.1 Å². The number of amides is 4. The molecule has 0 radical (unpaired) electrons. The molecule has 1 aliphatic heterocycles. The molecule has 0 unspecified atom stereocenters. The molecule has 0 atom stereocenters. The van der Waals surface area contributed by atoms with Gasteiger partial charge in [0.1, 0.15) is 5.54 Å². The Balaban J connectivity index is 1.57. The van der Waals surface area contributed by atoms with E-state index < -0.39 is 17.5 Å². The van der Waals surface area contributed by atoms with Gasteiger partial charge in [0.05, 0.1) is 12.7 Å². The van der Waals surface area contributed by atoms with Crippen LogP contribution < -0.4 is 10.6 Å². The van der Waals surface area contributed by atoms with Crippen LogP contribution >= 0.6 is 0 Å². The maximum atomic E-state index is 12.7. The van der Waals surface area contributed by atoms with Crippen LogP contribution in [0.25, 0.3) is 0 Å².